The molecule has 0 atom stereocenters. The first-order chi connectivity index (χ1) is 14.6. The molecule has 0 aromatic heterocycles. The molecule has 0 aliphatic carbocycles. The molecular formula is C22H19F7O2. The molecule has 2 aromatic rings. The van der Waals surface area contributed by atoms with E-state index in [9.17, 15) is 30.7 Å². The van der Waals surface area contributed by atoms with Gasteiger partial charge in [0.2, 0.25) is 0 Å². The lowest BCUT2D eigenvalue weighted by Gasteiger charge is -2.29. The number of benzene rings is 2. The van der Waals surface area contributed by atoms with Gasteiger partial charge in [-0.1, -0.05) is 25.5 Å². The van der Waals surface area contributed by atoms with Gasteiger partial charge in [0.15, 0.2) is 6.29 Å². The summed E-state index contributed by atoms with van der Waals surface area (Å²) in [7, 11) is 0. The molecule has 0 bridgehead atoms. The van der Waals surface area contributed by atoms with E-state index in [1.807, 2.05) is 6.92 Å². The molecule has 1 aliphatic rings. The van der Waals surface area contributed by atoms with Crippen LogP contribution < -0.4 is 0 Å². The minimum Gasteiger partial charge on any atom is -0.348 e. The van der Waals surface area contributed by atoms with E-state index < -0.39 is 47.4 Å². The zero-order valence-electron chi connectivity index (χ0n) is 16.4. The quantitative estimate of drug-likeness (QED) is 0.454. The fourth-order valence-corrected chi connectivity index (χ4v) is 3.40. The van der Waals surface area contributed by atoms with Crippen molar-refractivity contribution in [1.29, 1.82) is 0 Å². The Labute approximate surface area is 174 Å². The summed E-state index contributed by atoms with van der Waals surface area (Å²) < 4.78 is 105. The van der Waals surface area contributed by atoms with E-state index in [1.54, 1.807) is 0 Å². The highest BCUT2D eigenvalue weighted by atomic mass is 19.4. The largest absolute Gasteiger partial charge is 0.412 e. The minimum atomic E-state index is -5.09. The zero-order chi connectivity index (χ0) is 22.8. The number of ether oxygens (including phenoxy) is 2. The summed E-state index contributed by atoms with van der Waals surface area (Å²) in [5, 5.41) is 0. The fourth-order valence-electron chi connectivity index (χ4n) is 3.40. The number of halogens is 7. The van der Waals surface area contributed by atoms with Crippen LogP contribution in [0, 0.1) is 23.4 Å². The lowest BCUT2D eigenvalue weighted by atomic mass is 9.99. The van der Waals surface area contributed by atoms with E-state index in [1.165, 1.54) is 12.1 Å². The second-order valence-corrected chi connectivity index (χ2v) is 7.24. The SMILES string of the molecule is CCCC1COC(c2ccc(-c3cc(F)c(C(F)=CC(F)(F)F)c(F)c3)c(F)c2)OC1. The lowest BCUT2D eigenvalue weighted by molar-refractivity contribution is -0.206. The molecule has 1 aliphatic heterocycles. The van der Waals surface area contributed by atoms with Gasteiger partial charge in [0, 0.05) is 17.0 Å². The molecule has 0 N–H and O–H groups in total. The first-order valence-electron chi connectivity index (χ1n) is 9.56. The number of alkyl halides is 3. The van der Waals surface area contributed by atoms with Gasteiger partial charge in [-0.3, -0.25) is 0 Å². The van der Waals surface area contributed by atoms with Gasteiger partial charge in [-0.25, -0.2) is 17.6 Å². The summed E-state index contributed by atoms with van der Waals surface area (Å²) in [6.45, 7) is 2.95. The maximum Gasteiger partial charge on any atom is 0.412 e. The van der Waals surface area contributed by atoms with E-state index in [4.69, 9.17) is 9.47 Å². The monoisotopic (exact) mass is 448 g/mol. The number of rotatable bonds is 5. The third-order valence-corrected chi connectivity index (χ3v) is 4.81. The van der Waals surface area contributed by atoms with Gasteiger partial charge in [0.1, 0.15) is 23.3 Å². The van der Waals surface area contributed by atoms with Crippen molar-refractivity contribution in [1.82, 2.24) is 0 Å². The van der Waals surface area contributed by atoms with Crippen molar-refractivity contribution in [2.75, 3.05) is 13.2 Å². The Morgan fingerprint density at radius 2 is 1.61 bits per heavy atom. The van der Waals surface area contributed by atoms with Crippen molar-refractivity contribution in [3.05, 3.63) is 65.0 Å². The van der Waals surface area contributed by atoms with Crippen LogP contribution in [-0.4, -0.2) is 19.4 Å². The van der Waals surface area contributed by atoms with Gasteiger partial charge in [-0.15, -0.1) is 0 Å². The summed E-state index contributed by atoms with van der Waals surface area (Å²) >= 11 is 0. The normalized spacial score (nSPS) is 20.2. The van der Waals surface area contributed by atoms with Crippen molar-refractivity contribution in [3.63, 3.8) is 0 Å². The Hall–Kier alpha value is -2.39. The van der Waals surface area contributed by atoms with Crippen molar-refractivity contribution in [2.24, 2.45) is 5.92 Å². The number of hydrogen-bond donors (Lipinski definition) is 0. The van der Waals surface area contributed by atoms with Gasteiger partial charge in [-0.05, 0) is 30.2 Å². The Morgan fingerprint density at radius 3 is 2.13 bits per heavy atom. The van der Waals surface area contributed by atoms with Crippen LogP contribution in [0.1, 0.15) is 37.2 Å². The Morgan fingerprint density at radius 1 is 1.00 bits per heavy atom. The summed E-state index contributed by atoms with van der Waals surface area (Å²) in [5.74, 6) is -5.88. The van der Waals surface area contributed by atoms with Crippen LogP contribution in [0.5, 0.6) is 0 Å². The number of allylic oxidation sites excluding steroid dienone is 1. The predicted molar refractivity (Wildman–Crippen MR) is 99.9 cm³/mol. The average Bonchev–Trinajstić information content (AvgIpc) is 2.66. The molecule has 2 aromatic carbocycles. The van der Waals surface area contributed by atoms with Gasteiger partial charge < -0.3 is 9.47 Å². The van der Waals surface area contributed by atoms with E-state index in [-0.39, 0.29) is 17.0 Å². The molecule has 9 heteroatoms. The maximum atomic E-state index is 14.6. The zero-order valence-corrected chi connectivity index (χ0v) is 16.4. The average molecular weight is 448 g/mol. The fraction of sp³-hybridized carbons (Fsp3) is 0.364. The molecule has 168 valence electrons. The van der Waals surface area contributed by atoms with Crippen LogP contribution in [0.4, 0.5) is 30.7 Å². The van der Waals surface area contributed by atoms with Gasteiger partial charge in [-0.2, -0.15) is 13.2 Å². The van der Waals surface area contributed by atoms with Crippen molar-refractivity contribution < 1.29 is 40.2 Å². The van der Waals surface area contributed by atoms with E-state index in [0.29, 0.717) is 30.9 Å². The molecule has 0 radical (unpaired) electrons. The Bertz CT molecular complexity index is 938. The molecule has 0 spiro atoms. The second-order valence-electron chi connectivity index (χ2n) is 7.24. The van der Waals surface area contributed by atoms with Crippen LogP contribution in [0.3, 0.4) is 0 Å². The summed E-state index contributed by atoms with van der Waals surface area (Å²) in [6.07, 6.45) is -4.81. The second kappa shape index (κ2) is 9.40. The highest BCUT2D eigenvalue weighted by Crippen LogP contribution is 2.34. The topological polar surface area (TPSA) is 18.5 Å². The minimum absolute atomic E-state index is 0.215. The summed E-state index contributed by atoms with van der Waals surface area (Å²) in [5.41, 5.74) is -1.61. The standard InChI is InChI=1S/C22H19F7O2/c1-2-3-12-10-30-21(31-11-12)13-4-5-15(16(23)6-13)14-7-17(24)20(18(25)8-14)19(26)9-22(27,28)29/h4-9,12,21H,2-3,10-11H2,1H3. The maximum absolute atomic E-state index is 14.6. The Kier molecular flexibility index (Phi) is 7.06. The third kappa shape index (κ3) is 5.65. The van der Waals surface area contributed by atoms with Crippen molar-refractivity contribution in [2.45, 2.75) is 32.2 Å². The molecule has 1 heterocycles. The smallest absolute Gasteiger partial charge is 0.348 e. The molecule has 0 amide bonds. The first kappa shape index (κ1) is 23.3. The molecule has 3 rings (SSSR count). The van der Waals surface area contributed by atoms with Crippen LogP contribution >= 0.6 is 0 Å². The van der Waals surface area contributed by atoms with E-state index in [2.05, 4.69) is 0 Å². The molecule has 1 fully saturated rings. The molecular weight excluding hydrogens is 429 g/mol. The third-order valence-electron chi connectivity index (χ3n) is 4.81. The van der Waals surface area contributed by atoms with Gasteiger partial charge in [0.05, 0.1) is 24.9 Å². The first-order valence-corrected chi connectivity index (χ1v) is 9.56. The van der Waals surface area contributed by atoms with Gasteiger partial charge >= 0.3 is 6.18 Å². The van der Waals surface area contributed by atoms with Crippen LogP contribution in [0.2, 0.25) is 0 Å². The van der Waals surface area contributed by atoms with E-state index in [0.717, 1.165) is 18.9 Å². The van der Waals surface area contributed by atoms with Crippen molar-refractivity contribution in [3.8, 4) is 11.1 Å². The number of hydrogen-bond acceptors (Lipinski definition) is 2. The molecule has 2 nitrogen and oxygen atoms in total. The molecule has 31 heavy (non-hydrogen) atoms. The van der Waals surface area contributed by atoms with E-state index >= 15 is 0 Å². The van der Waals surface area contributed by atoms with Crippen LogP contribution in [0.25, 0.3) is 17.0 Å². The molecule has 0 unspecified atom stereocenters. The van der Waals surface area contributed by atoms with Crippen LogP contribution in [0.15, 0.2) is 36.4 Å². The lowest BCUT2D eigenvalue weighted by Crippen LogP contribution is -2.27. The highest BCUT2D eigenvalue weighted by molar-refractivity contribution is 5.69. The Balaban J connectivity index is 1.85. The predicted octanol–water partition coefficient (Wildman–Crippen LogP) is 7.11. The molecule has 0 saturated carbocycles. The van der Waals surface area contributed by atoms with Gasteiger partial charge in [0.25, 0.3) is 0 Å². The molecule has 1 saturated heterocycles. The van der Waals surface area contributed by atoms with Crippen molar-refractivity contribution >= 4 is 5.83 Å². The highest BCUT2D eigenvalue weighted by Gasteiger charge is 2.28. The summed E-state index contributed by atoms with van der Waals surface area (Å²) in [6, 6.07) is 4.93. The summed E-state index contributed by atoms with van der Waals surface area (Å²) in [4.78, 5) is 0. The van der Waals surface area contributed by atoms with Crippen LogP contribution in [-0.2, 0) is 9.47 Å².